The molecule has 0 unspecified atom stereocenters. The molecular weight excluding hydrogens is 357 g/mol. The molecule has 1 fully saturated rings. The zero-order valence-corrected chi connectivity index (χ0v) is 14.8. The monoisotopic (exact) mass is 376 g/mol. The van der Waals surface area contributed by atoms with Crippen molar-refractivity contribution in [2.75, 3.05) is 26.2 Å². The minimum absolute atomic E-state index is 0.0743. The third-order valence-corrected chi connectivity index (χ3v) is 4.69. The van der Waals surface area contributed by atoms with E-state index in [0.29, 0.717) is 31.7 Å². The molecule has 0 aromatic heterocycles. The van der Waals surface area contributed by atoms with Gasteiger partial charge in [-0.3, -0.25) is 9.59 Å². The topological polar surface area (TPSA) is 40.6 Å². The number of benzene rings is 2. The number of hydrogen-bond donors (Lipinski definition) is 0. The molecule has 0 N–H and O–H groups in total. The molecule has 0 radical (unpaired) electrons. The van der Waals surface area contributed by atoms with Gasteiger partial charge in [-0.05, 0) is 42.8 Å². The number of carbonyl (C=O) groups excluding carboxylic acids is 2. The van der Waals surface area contributed by atoms with Crippen molar-refractivity contribution in [2.45, 2.75) is 13.1 Å². The summed E-state index contributed by atoms with van der Waals surface area (Å²) in [5, 5.41) is 0. The van der Waals surface area contributed by atoms with Crippen LogP contribution in [0.3, 0.4) is 0 Å². The number of aryl methyl sites for hydroxylation is 1. The van der Waals surface area contributed by atoms with Crippen LogP contribution in [0.2, 0.25) is 0 Å². The predicted molar refractivity (Wildman–Crippen MR) is 94.4 cm³/mol. The Morgan fingerprint density at radius 2 is 1.33 bits per heavy atom. The highest BCUT2D eigenvalue weighted by Gasteiger charge is 2.31. The van der Waals surface area contributed by atoms with Gasteiger partial charge in [0.2, 0.25) is 0 Å². The van der Waals surface area contributed by atoms with Crippen LogP contribution in [-0.2, 0) is 6.18 Å². The van der Waals surface area contributed by atoms with Crippen molar-refractivity contribution in [3.8, 4) is 0 Å². The van der Waals surface area contributed by atoms with Crippen LogP contribution in [0.4, 0.5) is 13.2 Å². The Labute approximate surface area is 155 Å². The zero-order chi connectivity index (χ0) is 19.6. The van der Waals surface area contributed by atoms with Gasteiger partial charge in [0.15, 0.2) is 0 Å². The van der Waals surface area contributed by atoms with Crippen LogP contribution in [0.1, 0.15) is 31.8 Å². The van der Waals surface area contributed by atoms with E-state index in [9.17, 15) is 22.8 Å². The normalized spacial score (nSPS) is 15.0. The summed E-state index contributed by atoms with van der Waals surface area (Å²) >= 11 is 0. The highest BCUT2D eigenvalue weighted by molar-refractivity contribution is 5.96. The smallest absolute Gasteiger partial charge is 0.335 e. The molecule has 1 aliphatic rings. The first kappa shape index (κ1) is 18.9. The molecule has 1 heterocycles. The number of carbonyl (C=O) groups is 2. The number of hydrogen-bond acceptors (Lipinski definition) is 2. The van der Waals surface area contributed by atoms with Gasteiger partial charge < -0.3 is 9.80 Å². The molecule has 2 aromatic carbocycles. The van der Waals surface area contributed by atoms with E-state index in [1.54, 1.807) is 15.9 Å². The predicted octanol–water partition coefficient (Wildman–Crippen LogP) is 3.61. The van der Waals surface area contributed by atoms with E-state index in [4.69, 9.17) is 0 Å². The Morgan fingerprint density at radius 3 is 1.85 bits per heavy atom. The lowest BCUT2D eigenvalue weighted by Gasteiger charge is -2.35. The molecule has 0 atom stereocenters. The molecule has 27 heavy (non-hydrogen) atoms. The van der Waals surface area contributed by atoms with E-state index in [0.717, 1.165) is 17.7 Å². The molecule has 2 aromatic rings. The lowest BCUT2D eigenvalue weighted by atomic mass is 10.1. The van der Waals surface area contributed by atoms with E-state index in [1.165, 1.54) is 12.1 Å². The van der Waals surface area contributed by atoms with Crippen molar-refractivity contribution in [3.63, 3.8) is 0 Å². The Kier molecular flexibility index (Phi) is 5.21. The number of rotatable bonds is 2. The van der Waals surface area contributed by atoms with Crippen LogP contribution in [0.5, 0.6) is 0 Å². The summed E-state index contributed by atoms with van der Waals surface area (Å²) in [6.07, 6.45) is -4.43. The van der Waals surface area contributed by atoms with Crippen LogP contribution >= 0.6 is 0 Å². The standard InChI is InChI=1S/C20H19F3N2O2/c1-14-4-2-3-5-17(14)19(27)25-12-10-24(11-13-25)18(26)15-6-8-16(9-7-15)20(21,22)23/h2-9H,10-13H2,1H3. The summed E-state index contributed by atoms with van der Waals surface area (Å²) in [5.41, 5.74) is 0.958. The van der Waals surface area contributed by atoms with Gasteiger partial charge in [0.25, 0.3) is 11.8 Å². The van der Waals surface area contributed by atoms with Crippen LogP contribution < -0.4 is 0 Å². The molecule has 1 aliphatic heterocycles. The number of nitrogens with zero attached hydrogens (tertiary/aromatic N) is 2. The van der Waals surface area contributed by atoms with Gasteiger partial charge in [-0.2, -0.15) is 13.2 Å². The summed E-state index contributed by atoms with van der Waals surface area (Å²) in [6.45, 7) is 3.34. The van der Waals surface area contributed by atoms with E-state index >= 15 is 0 Å². The molecule has 0 aliphatic carbocycles. The minimum Gasteiger partial charge on any atom is -0.335 e. The maximum Gasteiger partial charge on any atom is 0.416 e. The fraction of sp³-hybridized carbons (Fsp3) is 0.300. The molecule has 0 saturated carbocycles. The lowest BCUT2D eigenvalue weighted by Crippen LogP contribution is -2.50. The summed E-state index contributed by atoms with van der Waals surface area (Å²) in [6, 6.07) is 11.5. The van der Waals surface area contributed by atoms with Crippen molar-refractivity contribution in [3.05, 3.63) is 70.8 Å². The Morgan fingerprint density at radius 1 is 0.815 bits per heavy atom. The third-order valence-electron chi connectivity index (χ3n) is 4.69. The summed E-state index contributed by atoms with van der Waals surface area (Å²) in [7, 11) is 0. The molecule has 0 bridgehead atoms. The summed E-state index contributed by atoms with van der Waals surface area (Å²) in [5.74, 6) is -0.401. The second-order valence-electron chi connectivity index (χ2n) is 6.47. The number of alkyl halides is 3. The second-order valence-corrected chi connectivity index (χ2v) is 6.47. The average Bonchev–Trinajstić information content (AvgIpc) is 2.67. The van der Waals surface area contributed by atoms with Gasteiger partial charge >= 0.3 is 6.18 Å². The molecule has 0 spiro atoms. The summed E-state index contributed by atoms with van der Waals surface area (Å²) < 4.78 is 37.9. The maximum absolute atomic E-state index is 12.6. The van der Waals surface area contributed by atoms with Crippen molar-refractivity contribution in [2.24, 2.45) is 0 Å². The highest BCUT2D eigenvalue weighted by atomic mass is 19.4. The van der Waals surface area contributed by atoms with Gasteiger partial charge in [-0.15, -0.1) is 0 Å². The first-order valence-corrected chi connectivity index (χ1v) is 8.59. The van der Waals surface area contributed by atoms with Gasteiger partial charge in [0.1, 0.15) is 0 Å². The molecule has 7 heteroatoms. The van der Waals surface area contributed by atoms with Crippen LogP contribution in [0.25, 0.3) is 0 Å². The molecular formula is C20H19F3N2O2. The van der Waals surface area contributed by atoms with E-state index in [-0.39, 0.29) is 17.4 Å². The largest absolute Gasteiger partial charge is 0.416 e. The molecule has 2 amide bonds. The Bertz CT molecular complexity index is 839. The SMILES string of the molecule is Cc1ccccc1C(=O)N1CCN(C(=O)c2ccc(C(F)(F)F)cc2)CC1. The maximum atomic E-state index is 12.6. The van der Waals surface area contributed by atoms with Crippen LogP contribution in [0, 0.1) is 6.92 Å². The molecule has 1 saturated heterocycles. The van der Waals surface area contributed by atoms with Crippen molar-refractivity contribution >= 4 is 11.8 Å². The average molecular weight is 376 g/mol. The number of halogens is 3. The Hall–Kier alpha value is -2.83. The third kappa shape index (κ3) is 4.13. The summed E-state index contributed by atoms with van der Waals surface area (Å²) in [4.78, 5) is 28.4. The Balaban J connectivity index is 1.63. The second kappa shape index (κ2) is 7.42. The van der Waals surface area contributed by atoms with Crippen molar-refractivity contribution in [1.29, 1.82) is 0 Å². The van der Waals surface area contributed by atoms with Gasteiger partial charge in [-0.25, -0.2) is 0 Å². The van der Waals surface area contributed by atoms with Crippen LogP contribution in [0.15, 0.2) is 48.5 Å². The fourth-order valence-electron chi connectivity index (χ4n) is 3.08. The van der Waals surface area contributed by atoms with Crippen molar-refractivity contribution < 1.29 is 22.8 Å². The number of piperazine rings is 1. The van der Waals surface area contributed by atoms with E-state index < -0.39 is 11.7 Å². The molecule has 3 rings (SSSR count). The van der Waals surface area contributed by atoms with Crippen molar-refractivity contribution in [1.82, 2.24) is 9.80 Å². The zero-order valence-electron chi connectivity index (χ0n) is 14.8. The number of amides is 2. The van der Waals surface area contributed by atoms with Gasteiger partial charge in [0.05, 0.1) is 5.56 Å². The molecule has 4 nitrogen and oxygen atoms in total. The van der Waals surface area contributed by atoms with Gasteiger partial charge in [0, 0.05) is 37.3 Å². The van der Waals surface area contributed by atoms with Crippen LogP contribution in [-0.4, -0.2) is 47.8 Å². The van der Waals surface area contributed by atoms with E-state index in [2.05, 4.69) is 0 Å². The quantitative estimate of drug-likeness (QED) is 0.803. The minimum atomic E-state index is -4.43. The van der Waals surface area contributed by atoms with Gasteiger partial charge in [-0.1, -0.05) is 18.2 Å². The lowest BCUT2D eigenvalue weighted by molar-refractivity contribution is -0.137. The first-order valence-electron chi connectivity index (χ1n) is 8.59. The first-order chi connectivity index (χ1) is 12.8. The fourth-order valence-corrected chi connectivity index (χ4v) is 3.08. The molecule has 142 valence electrons. The van der Waals surface area contributed by atoms with E-state index in [1.807, 2.05) is 25.1 Å². The highest BCUT2D eigenvalue weighted by Crippen LogP contribution is 2.29.